The van der Waals surface area contributed by atoms with E-state index in [1.165, 1.54) is 6.92 Å². The van der Waals surface area contributed by atoms with Gasteiger partial charge in [0.05, 0.1) is 0 Å². The van der Waals surface area contributed by atoms with Crippen molar-refractivity contribution in [1.82, 2.24) is 10.2 Å². The van der Waals surface area contributed by atoms with Crippen LogP contribution < -0.4 is 10.1 Å². The molecule has 1 saturated heterocycles. The van der Waals surface area contributed by atoms with Crippen molar-refractivity contribution in [3.63, 3.8) is 0 Å². The lowest BCUT2D eigenvalue weighted by atomic mass is 10.0. The van der Waals surface area contributed by atoms with Crippen LogP contribution in [0.15, 0.2) is 30.3 Å². The molecule has 0 unspecified atom stereocenters. The lowest BCUT2D eigenvalue weighted by Crippen LogP contribution is -2.47. The number of piperidine rings is 1. The molecule has 1 heterocycles. The monoisotopic (exact) mass is 318 g/mol. The van der Waals surface area contributed by atoms with Crippen molar-refractivity contribution in [2.45, 2.75) is 38.6 Å². The van der Waals surface area contributed by atoms with Crippen LogP contribution in [0.4, 0.5) is 4.79 Å². The second-order valence-electron chi connectivity index (χ2n) is 5.70. The average molecular weight is 318 g/mol. The number of hydrogen-bond acceptors (Lipinski definition) is 4. The predicted octanol–water partition coefficient (Wildman–Crippen LogP) is 2.14. The third kappa shape index (κ3) is 5.73. The maximum atomic E-state index is 11.9. The van der Waals surface area contributed by atoms with Crippen LogP contribution in [0.5, 0.6) is 5.75 Å². The molecule has 0 spiro atoms. The van der Waals surface area contributed by atoms with E-state index in [0.717, 1.165) is 0 Å². The van der Waals surface area contributed by atoms with Crippen molar-refractivity contribution < 1.29 is 19.1 Å². The van der Waals surface area contributed by atoms with E-state index in [1.807, 2.05) is 6.07 Å². The van der Waals surface area contributed by atoms with Gasteiger partial charge < -0.3 is 19.7 Å². The van der Waals surface area contributed by atoms with Crippen LogP contribution in [-0.4, -0.2) is 41.8 Å². The van der Waals surface area contributed by atoms with Crippen LogP contribution in [0.2, 0.25) is 0 Å². The zero-order valence-corrected chi connectivity index (χ0v) is 13.3. The Balaban J connectivity index is 1.71. The molecule has 1 aromatic rings. The maximum absolute atomic E-state index is 11.9. The summed E-state index contributed by atoms with van der Waals surface area (Å²) in [6.07, 6.45) is 1.47. The van der Waals surface area contributed by atoms with Crippen LogP contribution >= 0.6 is 0 Å². The molecule has 0 aliphatic carbocycles. The molecule has 1 aliphatic rings. The maximum Gasteiger partial charge on any atom is 0.412 e. The summed E-state index contributed by atoms with van der Waals surface area (Å²) in [6, 6.07) is 8.89. The van der Waals surface area contributed by atoms with E-state index in [2.05, 4.69) is 5.32 Å². The van der Waals surface area contributed by atoms with Gasteiger partial charge in [0.25, 0.3) is 0 Å². The Morgan fingerprint density at radius 1 is 1.13 bits per heavy atom. The summed E-state index contributed by atoms with van der Waals surface area (Å²) in [5, 5.41) is 2.82. The first-order chi connectivity index (χ1) is 11.0. The Morgan fingerprint density at radius 3 is 2.39 bits per heavy atom. The van der Waals surface area contributed by atoms with Gasteiger partial charge in [0, 0.05) is 32.0 Å². The highest BCUT2D eigenvalue weighted by molar-refractivity contribution is 5.83. The quantitative estimate of drug-likeness (QED) is 0.902. The fourth-order valence-corrected chi connectivity index (χ4v) is 2.51. The molecule has 0 saturated carbocycles. The van der Waals surface area contributed by atoms with Gasteiger partial charge in [-0.2, -0.15) is 0 Å². The molecule has 6 heteroatoms. The number of carbonyl (C=O) groups excluding carboxylic acids is 3. The molecule has 0 aromatic heterocycles. The molecule has 2 rings (SSSR count). The van der Waals surface area contributed by atoms with Crippen molar-refractivity contribution in [2.75, 3.05) is 13.1 Å². The molecule has 1 fully saturated rings. The summed E-state index contributed by atoms with van der Waals surface area (Å²) in [4.78, 5) is 36.4. The summed E-state index contributed by atoms with van der Waals surface area (Å²) < 4.78 is 5.19. The number of amides is 2. The molecule has 124 valence electrons. The van der Waals surface area contributed by atoms with Crippen molar-refractivity contribution in [3.05, 3.63) is 30.3 Å². The van der Waals surface area contributed by atoms with Gasteiger partial charge >= 0.3 is 6.09 Å². The van der Waals surface area contributed by atoms with E-state index in [1.54, 1.807) is 29.2 Å². The highest BCUT2D eigenvalue weighted by atomic mass is 16.6. The summed E-state index contributed by atoms with van der Waals surface area (Å²) in [7, 11) is 0. The molecule has 23 heavy (non-hydrogen) atoms. The summed E-state index contributed by atoms with van der Waals surface area (Å²) >= 11 is 0. The van der Waals surface area contributed by atoms with E-state index in [4.69, 9.17) is 4.74 Å². The van der Waals surface area contributed by atoms with Gasteiger partial charge in [-0.05, 0) is 31.9 Å². The zero-order chi connectivity index (χ0) is 16.7. The number of rotatable bonds is 5. The minimum atomic E-state index is -0.474. The van der Waals surface area contributed by atoms with Gasteiger partial charge in [-0.25, -0.2) is 4.79 Å². The number of Topliss-reactive ketones (excluding diaryl/α,β-unsaturated/α-hetero) is 1. The first-order valence-electron chi connectivity index (χ1n) is 7.85. The Kier molecular flexibility index (Phi) is 6.14. The fraction of sp³-hybridized carbons (Fsp3) is 0.471. The number of benzene rings is 1. The second kappa shape index (κ2) is 8.31. The number of nitrogens with zero attached hydrogens (tertiary/aromatic N) is 1. The predicted molar refractivity (Wildman–Crippen MR) is 85.1 cm³/mol. The molecule has 1 N–H and O–H groups in total. The number of nitrogens with one attached hydrogen (secondary N) is 1. The van der Waals surface area contributed by atoms with Gasteiger partial charge in [0.2, 0.25) is 5.91 Å². The number of carbonyl (C=O) groups is 3. The Labute approximate surface area is 135 Å². The molecule has 2 amide bonds. The number of hydrogen-bond donors (Lipinski definition) is 1. The third-order valence-corrected chi connectivity index (χ3v) is 3.81. The van der Waals surface area contributed by atoms with E-state index < -0.39 is 6.09 Å². The minimum Gasteiger partial charge on any atom is -0.410 e. The molecule has 0 atom stereocenters. The molecule has 1 aromatic carbocycles. The largest absolute Gasteiger partial charge is 0.412 e. The van der Waals surface area contributed by atoms with Gasteiger partial charge in [0.15, 0.2) is 0 Å². The van der Waals surface area contributed by atoms with Gasteiger partial charge in [-0.1, -0.05) is 18.2 Å². The zero-order valence-electron chi connectivity index (χ0n) is 13.3. The standard InChI is InChI=1S/C17H22N2O4/c1-13(20)7-8-16(21)19-11-9-14(10-12-19)18-17(22)23-15-5-3-2-4-6-15/h2-6,14H,7-12H2,1H3,(H,18,22). The highest BCUT2D eigenvalue weighted by Gasteiger charge is 2.24. The molecular weight excluding hydrogens is 296 g/mol. The van der Waals surface area contributed by atoms with E-state index in [0.29, 0.717) is 38.1 Å². The number of likely N-dealkylation sites (tertiary alicyclic amines) is 1. The van der Waals surface area contributed by atoms with Crippen LogP contribution in [0.1, 0.15) is 32.6 Å². The summed E-state index contributed by atoms with van der Waals surface area (Å²) in [5.41, 5.74) is 0. The third-order valence-electron chi connectivity index (χ3n) is 3.81. The topological polar surface area (TPSA) is 75.7 Å². The Hall–Kier alpha value is -2.37. The van der Waals surface area contributed by atoms with E-state index in [9.17, 15) is 14.4 Å². The second-order valence-corrected chi connectivity index (χ2v) is 5.70. The number of ether oxygens (including phenoxy) is 1. The number of para-hydroxylation sites is 1. The molecule has 0 bridgehead atoms. The lowest BCUT2D eigenvalue weighted by Gasteiger charge is -2.32. The van der Waals surface area contributed by atoms with Crippen molar-refractivity contribution in [1.29, 1.82) is 0 Å². The van der Waals surface area contributed by atoms with E-state index in [-0.39, 0.29) is 24.2 Å². The van der Waals surface area contributed by atoms with Crippen molar-refractivity contribution in [2.24, 2.45) is 0 Å². The van der Waals surface area contributed by atoms with Crippen LogP contribution in [0, 0.1) is 0 Å². The number of ketones is 1. The average Bonchev–Trinajstić information content (AvgIpc) is 2.54. The summed E-state index contributed by atoms with van der Waals surface area (Å²) in [5.74, 6) is 0.533. The first-order valence-corrected chi connectivity index (χ1v) is 7.85. The molecule has 1 aliphatic heterocycles. The fourth-order valence-electron chi connectivity index (χ4n) is 2.51. The van der Waals surface area contributed by atoms with Crippen LogP contribution in [0.3, 0.4) is 0 Å². The molecule has 0 radical (unpaired) electrons. The first kappa shape index (κ1) is 17.0. The van der Waals surface area contributed by atoms with Crippen molar-refractivity contribution >= 4 is 17.8 Å². The smallest absolute Gasteiger partial charge is 0.410 e. The van der Waals surface area contributed by atoms with E-state index >= 15 is 0 Å². The molecular formula is C17H22N2O4. The highest BCUT2D eigenvalue weighted by Crippen LogP contribution is 2.13. The van der Waals surface area contributed by atoms with Crippen LogP contribution in [-0.2, 0) is 9.59 Å². The van der Waals surface area contributed by atoms with Gasteiger partial charge in [-0.15, -0.1) is 0 Å². The van der Waals surface area contributed by atoms with Gasteiger partial charge in [0.1, 0.15) is 11.5 Å². The van der Waals surface area contributed by atoms with Crippen molar-refractivity contribution in [3.8, 4) is 5.75 Å². The Bertz CT molecular complexity index is 551. The van der Waals surface area contributed by atoms with Gasteiger partial charge in [-0.3, -0.25) is 4.79 Å². The minimum absolute atomic E-state index is 0.00284. The normalized spacial score (nSPS) is 15.1. The molecule has 6 nitrogen and oxygen atoms in total. The lowest BCUT2D eigenvalue weighted by molar-refractivity contribution is -0.133. The SMILES string of the molecule is CC(=O)CCC(=O)N1CCC(NC(=O)Oc2ccccc2)CC1. The summed E-state index contributed by atoms with van der Waals surface area (Å²) in [6.45, 7) is 2.67. The Morgan fingerprint density at radius 2 is 1.78 bits per heavy atom. The van der Waals surface area contributed by atoms with Crippen LogP contribution in [0.25, 0.3) is 0 Å².